The number of aliphatic hydroxyl groups is 7. The van der Waals surface area contributed by atoms with E-state index in [1.807, 2.05) is 0 Å². The molecule has 0 amide bonds. The molecular weight excluding hydrogens is 196 g/mol. The highest BCUT2D eigenvalue weighted by Gasteiger charge is 2.33. The van der Waals surface area contributed by atoms with E-state index < -0.39 is 43.7 Å². The quantitative estimate of drug-likeness (QED) is 0.236. The highest BCUT2D eigenvalue weighted by Crippen LogP contribution is 2.07. The van der Waals surface area contributed by atoms with Crippen molar-refractivity contribution in [1.82, 2.24) is 0 Å². The van der Waals surface area contributed by atoms with Gasteiger partial charge in [-0.25, -0.2) is 0 Å². The fraction of sp³-hybridized carbons (Fsp3) is 1.00. The molecule has 0 saturated heterocycles. The number of aliphatic hydroxyl groups excluding tert-OH is 7. The van der Waals surface area contributed by atoms with Crippen LogP contribution in [0.25, 0.3) is 0 Å². The number of rotatable bonds is 6. The Morgan fingerprint density at radius 3 is 1.07 bits per heavy atom. The van der Waals surface area contributed by atoms with Gasteiger partial charge in [-0.3, -0.25) is 0 Å². The first kappa shape index (κ1) is 13.7. The Bertz CT molecular complexity index is 137. The van der Waals surface area contributed by atoms with Gasteiger partial charge in [-0.2, -0.15) is 0 Å². The Morgan fingerprint density at radius 1 is 0.571 bits per heavy atom. The minimum Gasteiger partial charge on any atom is -0.394 e. The van der Waals surface area contributed by atoms with Crippen molar-refractivity contribution in [2.24, 2.45) is 0 Å². The molecule has 0 bridgehead atoms. The zero-order chi connectivity index (χ0) is 11.3. The molecule has 0 heterocycles. The van der Waals surface area contributed by atoms with E-state index in [2.05, 4.69) is 0 Å². The maximum atomic E-state index is 9.15. The second-order valence-corrected chi connectivity index (χ2v) is 2.97. The molecule has 7 N–H and O–H groups in total. The lowest BCUT2D eigenvalue weighted by atomic mass is 10.00. The lowest BCUT2D eigenvalue weighted by Crippen LogP contribution is -2.50. The molecular formula is C7H16O7. The summed E-state index contributed by atoms with van der Waals surface area (Å²) >= 11 is 0. The van der Waals surface area contributed by atoms with Gasteiger partial charge in [-0.05, 0) is 0 Å². The summed E-state index contributed by atoms with van der Waals surface area (Å²) in [5, 5.41) is 61.9. The standard InChI is InChI=1S/C7H16O7/c8-1-3(10)5(12)7(14)6(13)4(11)2-9/h3-14H,1-2H2/t3-,4?,5+,6-,7?/m1/s1. The zero-order valence-corrected chi connectivity index (χ0v) is 7.43. The smallest absolute Gasteiger partial charge is 0.111 e. The topological polar surface area (TPSA) is 142 Å². The first-order valence-corrected chi connectivity index (χ1v) is 4.07. The van der Waals surface area contributed by atoms with Crippen molar-refractivity contribution in [2.75, 3.05) is 13.2 Å². The number of hydrogen-bond donors (Lipinski definition) is 7. The summed E-state index contributed by atoms with van der Waals surface area (Å²) in [6.45, 7) is -1.58. The minimum atomic E-state index is -1.85. The molecule has 0 aliphatic rings. The summed E-state index contributed by atoms with van der Waals surface area (Å²) in [7, 11) is 0. The average molecular weight is 212 g/mol. The highest BCUT2D eigenvalue weighted by atomic mass is 16.4. The van der Waals surface area contributed by atoms with Crippen LogP contribution in [0.4, 0.5) is 0 Å². The van der Waals surface area contributed by atoms with Gasteiger partial charge in [0.2, 0.25) is 0 Å². The van der Waals surface area contributed by atoms with Crippen LogP contribution >= 0.6 is 0 Å². The summed E-state index contributed by atoms with van der Waals surface area (Å²) in [6.07, 6.45) is -8.68. The van der Waals surface area contributed by atoms with Gasteiger partial charge < -0.3 is 35.7 Å². The Morgan fingerprint density at radius 2 is 0.857 bits per heavy atom. The molecule has 86 valence electrons. The largest absolute Gasteiger partial charge is 0.394 e. The van der Waals surface area contributed by atoms with Gasteiger partial charge in [-0.1, -0.05) is 0 Å². The van der Waals surface area contributed by atoms with E-state index in [1.54, 1.807) is 0 Å². The summed E-state index contributed by atoms with van der Waals surface area (Å²) in [5.41, 5.74) is 0. The highest BCUT2D eigenvalue weighted by molar-refractivity contribution is 4.84. The van der Waals surface area contributed by atoms with Gasteiger partial charge in [0.05, 0.1) is 13.2 Å². The predicted molar refractivity (Wildman–Crippen MR) is 44.2 cm³/mol. The minimum absolute atomic E-state index is 0.792. The van der Waals surface area contributed by atoms with Gasteiger partial charge in [0.15, 0.2) is 0 Å². The van der Waals surface area contributed by atoms with Gasteiger partial charge in [0.25, 0.3) is 0 Å². The molecule has 0 aliphatic heterocycles. The van der Waals surface area contributed by atoms with Crippen molar-refractivity contribution in [1.29, 1.82) is 0 Å². The lowest BCUT2D eigenvalue weighted by molar-refractivity contribution is -0.145. The first-order valence-electron chi connectivity index (χ1n) is 4.07. The van der Waals surface area contributed by atoms with Crippen LogP contribution in [0.3, 0.4) is 0 Å². The van der Waals surface area contributed by atoms with Crippen LogP contribution in [0.2, 0.25) is 0 Å². The predicted octanol–water partition coefficient (Wildman–Crippen LogP) is -4.22. The van der Waals surface area contributed by atoms with E-state index in [-0.39, 0.29) is 0 Å². The molecule has 0 saturated carbocycles. The third-order valence-corrected chi connectivity index (χ3v) is 1.86. The third-order valence-electron chi connectivity index (χ3n) is 1.86. The average Bonchev–Trinajstić information content (AvgIpc) is 2.23. The summed E-state index contributed by atoms with van der Waals surface area (Å²) in [6, 6.07) is 0. The molecule has 0 aromatic rings. The Kier molecular flexibility index (Phi) is 6.12. The Hall–Kier alpha value is -0.280. The molecule has 0 radical (unpaired) electrons. The van der Waals surface area contributed by atoms with Crippen LogP contribution in [0.15, 0.2) is 0 Å². The normalized spacial score (nSPS) is 22.5. The summed E-state index contributed by atoms with van der Waals surface area (Å²) in [5.74, 6) is 0. The van der Waals surface area contributed by atoms with Crippen molar-refractivity contribution in [3.63, 3.8) is 0 Å². The van der Waals surface area contributed by atoms with E-state index in [0.29, 0.717) is 0 Å². The fourth-order valence-electron chi connectivity index (χ4n) is 0.873. The number of hydrogen-bond acceptors (Lipinski definition) is 7. The zero-order valence-electron chi connectivity index (χ0n) is 7.43. The van der Waals surface area contributed by atoms with Gasteiger partial charge in [0.1, 0.15) is 30.5 Å². The molecule has 2 unspecified atom stereocenters. The van der Waals surface area contributed by atoms with Crippen LogP contribution in [-0.2, 0) is 0 Å². The molecule has 7 nitrogen and oxygen atoms in total. The fourth-order valence-corrected chi connectivity index (χ4v) is 0.873. The van der Waals surface area contributed by atoms with Crippen LogP contribution in [0.1, 0.15) is 0 Å². The van der Waals surface area contributed by atoms with Crippen molar-refractivity contribution in [2.45, 2.75) is 30.5 Å². The van der Waals surface area contributed by atoms with Crippen molar-refractivity contribution in [3.8, 4) is 0 Å². The third kappa shape index (κ3) is 3.46. The van der Waals surface area contributed by atoms with Gasteiger partial charge in [0, 0.05) is 0 Å². The Labute approximate surface area is 80.5 Å². The second-order valence-electron chi connectivity index (χ2n) is 2.97. The van der Waals surface area contributed by atoms with Crippen LogP contribution in [0.5, 0.6) is 0 Å². The van der Waals surface area contributed by atoms with Crippen molar-refractivity contribution >= 4 is 0 Å². The summed E-state index contributed by atoms with van der Waals surface area (Å²) in [4.78, 5) is 0. The molecule has 0 rings (SSSR count). The van der Waals surface area contributed by atoms with Crippen LogP contribution < -0.4 is 0 Å². The molecule has 14 heavy (non-hydrogen) atoms. The molecule has 0 fully saturated rings. The molecule has 0 aliphatic carbocycles. The summed E-state index contributed by atoms with van der Waals surface area (Å²) < 4.78 is 0. The maximum Gasteiger partial charge on any atom is 0.111 e. The molecule has 0 spiro atoms. The maximum absolute atomic E-state index is 9.15. The lowest BCUT2D eigenvalue weighted by Gasteiger charge is -2.27. The van der Waals surface area contributed by atoms with Gasteiger partial charge in [-0.15, -0.1) is 0 Å². The van der Waals surface area contributed by atoms with E-state index in [1.165, 1.54) is 0 Å². The van der Waals surface area contributed by atoms with E-state index in [4.69, 9.17) is 35.7 Å². The SMILES string of the molecule is OCC(O)[C@@H](O)C(O)[C@@H](O)[C@H](O)CO. The second kappa shape index (κ2) is 6.25. The van der Waals surface area contributed by atoms with E-state index in [9.17, 15) is 0 Å². The molecule has 0 aromatic carbocycles. The molecule has 0 aromatic heterocycles. The molecule has 7 heteroatoms. The van der Waals surface area contributed by atoms with Crippen molar-refractivity contribution < 1.29 is 35.7 Å². The molecule has 5 atom stereocenters. The van der Waals surface area contributed by atoms with Crippen LogP contribution in [-0.4, -0.2) is 79.5 Å². The van der Waals surface area contributed by atoms with Crippen molar-refractivity contribution in [3.05, 3.63) is 0 Å². The first-order chi connectivity index (χ1) is 6.45. The van der Waals surface area contributed by atoms with E-state index in [0.717, 1.165) is 0 Å². The van der Waals surface area contributed by atoms with E-state index >= 15 is 0 Å². The van der Waals surface area contributed by atoms with Crippen LogP contribution in [0, 0.1) is 0 Å². The monoisotopic (exact) mass is 212 g/mol. The Balaban J connectivity index is 4.22. The van der Waals surface area contributed by atoms with Gasteiger partial charge >= 0.3 is 0 Å².